The van der Waals surface area contributed by atoms with Gasteiger partial charge in [0.05, 0.1) is 22.5 Å². The second-order valence-electron chi connectivity index (χ2n) is 5.45. The van der Waals surface area contributed by atoms with E-state index < -0.39 is 0 Å². The average Bonchev–Trinajstić information content (AvgIpc) is 3.13. The maximum Gasteiger partial charge on any atom is 0.195 e. The Morgan fingerprint density at radius 2 is 2.00 bits per heavy atom. The van der Waals surface area contributed by atoms with Crippen molar-refractivity contribution in [2.24, 2.45) is 0 Å². The van der Waals surface area contributed by atoms with Crippen LogP contribution in [0.15, 0.2) is 54.7 Å². The first-order valence-electron chi connectivity index (χ1n) is 7.63. The van der Waals surface area contributed by atoms with Gasteiger partial charge in [-0.15, -0.1) is 0 Å². The maximum absolute atomic E-state index is 8.83. The van der Waals surface area contributed by atoms with Crippen LogP contribution in [0.5, 0.6) is 0 Å². The summed E-state index contributed by atoms with van der Waals surface area (Å²) in [4.78, 5) is 5.77. The second kappa shape index (κ2) is 6.12. The van der Waals surface area contributed by atoms with Crippen LogP contribution in [0.3, 0.4) is 0 Å². The Labute approximate surface area is 138 Å². The largest absolute Gasteiger partial charge is 0.395 e. The van der Waals surface area contributed by atoms with Gasteiger partial charge in [0.1, 0.15) is 0 Å². The van der Waals surface area contributed by atoms with E-state index in [0.29, 0.717) is 6.54 Å². The maximum atomic E-state index is 8.83. The molecular weight excluding hydrogens is 306 g/mol. The van der Waals surface area contributed by atoms with Gasteiger partial charge in [-0.25, -0.2) is 4.98 Å². The molecule has 0 radical (unpaired) electrons. The third-order valence-electron chi connectivity index (χ3n) is 3.85. The van der Waals surface area contributed by atoms with E-state index in [1.165, 1.54) is 15.8 Å². The molecule has 0 amide bonds. The van der Waals surface area contributed by atoms with Gasteiger partial charge in [0.2, 0.25) is 0 Å². The highest BCUT2D eigenvalue weighted by Crippen LogP contribution is 2.30. The number of nitrogens with one attached hydrogen (secondary N) is 1. The number of rotatable bonds is 5. The molecule has 116 valence electrons. The fourth-order valence-corrected chi connectivity index (χ4v) is 3.79. The van der Waals surface area contributed by atoms with Crippen LogP contribution in [0.25, 0.3) is 26.4 Å². The van der Waals surface area contributed by atoms with Crippen LogP contribution in [-0.4, -0.2) is 27.6 Å². The van der Waals surface area contributed by atoms with E-state index in [9.17, 15) is 0 Å². The van der Waals surface area contributed by atoms with Crippen LogP contribution in [-0.2, 0) is 6.54 Å². The molecule has 4 rings (SSSR count). The normalized spacial score (nSPS) is 11.5. The van der Waals surface area contributed by atoms with Crippen molar-refractivity contribution < 1.29 is 5.11 Å². The van der Waals surface area contributed by atoms with Crippen LogP contribution in [0.1, 0.15) is 5.56 Å². The Morgan fingerprint density at radius 3 is 2.83 bits per heavy atom. The van der Waals surface area contributed by atoms with E-state index in [-0.39, 0.29) is 6.61 Å². The summed E-state index contributed by atoms with van der Waals surface area (Å²) < 4.78 is 3.39. The number of benzene rings is 2. The molecule has 2 N–H and O–H groups in total. The number of fused-ring (bicyclic) bond motifs is 3. The van der Waals surface area contributed by atoms with Crippen molar-refractivity contribution in [3.8, 4) is 11.3 Å². The van der Waals surface area contributed by atoms with Gasteiger partial charge in [0, 0.05) is 24.8 Å². The third kappa shape index (κ3) is 2.74. The topological polar surface area (TPSA) is 49.6 Å². The lowest BCUT2D eigenvalue weighted by molar-refractivity contribution is 0.292. The number of imidazole rings is 1. The Morgan fingerprint density at radius 1 is 1.13 bits per heavy atom. The zero-order chi connectivity index (χ0) is 15.6. The molecule has 4 aromatic rings. The van der Waals surface area contributed by atoms with Crippen molar-refractivity contribution in [3.63, 3.8) is 0 Å². The van der Waals surface area contributed by atoms with Crippen LogP contribution in [0.2, 0.25) is 0 Å². The van der Waals surface area contributed by atoms with Crippen molar-refractivity contribution in [2.45, 2.75) is 6.54 Å². The lowest BCUT2D eigenvalue weighted by Crippen LogP contribution is -2.17. The molecule has 0 aliphatic carbocycles. The first kappa shape index (κ1) is 14.4. The molecular formula is C18H17N3OS. The van der Waals surface area contributed by atoms with Crippen LogP contribution in [0, 0.1) is 0 Å². The molecule has 0 saturated carbocycles. The summed E-state index contributed by atoms with van der Waals surface area (Å²) in [6.45, 7) is 1.55. The van der Waals surface area contributed by atoms with Gasteiger partial charge in [-0.2, -0.15) is 0 Å². The minimum absolute atomic E-state index is 0.164. The van der Waals surface area contributed by atoms with Gasteiger partial charge in [0.25, 0.3) is 0 Å². The predicted octanol–water partition coefficient (Wildman–Crippen LogP) is 3.30. The minimum Gasteiger partial charge on any atom is -0.395 e. The molecule has 2 aromatic carbocycles. The number of aliphatic hydroxyl groups excluding tert-OH is 1. The number of aromatic nitrogens is 2. The first-order chi connectivity index (χ1) is 11.3. The first-order valence-corrected chi connectivity index (χ1v) is 8.44. The number of hydrogen-bond acceptors (Lipinski definition) is 4. The second-order valence-corrected chi connectivity index (χ2v) is 6.46. The number of thiazole rings is 1. The predicted molar refractivity (Wildman–Crippen MR) is 94.8 cm³/mol. The summed E-state index contributed by atoms with van der Waals surface area (Å²) >= 11 is 1.71. The smallest absolute Gasteiger partial charge is 0.195 e. The average molecular weight is 323 g/mol. The lowest BCUT2D eigenvalue weighted by atomic mass is 10.2. The van der Waals surface area contributed by atoms with Gasteiger partial charge in [-0.05, 0) is 17.7 Å². The van der Waals surface area contributed by atoms with E-state index in [2.05, 4.69) is 46.2 Å². The summed E-state index contributed by atoms with van der Waals surface area (Å²) in [6.07, 6.45) is 2.10. The molecule has 23 heavy (non-hydrogen) atoms. The zero-order valence-electron chi connectivity index (χ0n) is 12.6. The van der Waals surface area contributed by atoms with Crippen LogP contribution in [0.4, 0.5) is 0 Å². The fraction of sp³-hybridized carbons (Fsp3) is 0.167. The summed E-state index contributed by atoms with van der Waals surface area (Å²) in [5, 5.41) is 12.0. The molecule has 2 aromatic heterocycles. The highest BCUT2D eigenvalue weighted by Gasteiger charge is 2.10. The molecule has 4 nitrogen and oxygen atoms in total. The molecule has 5 heteroatoms. The summed E-state index contributed by atoms with van der Waals surface area (Å²) in [6, 6.07) is 16.7. The zero-order valence-corrected chi connectivity index (χ0v) is 13.4. The van der Waals surface area contributed by atoms with Gasteiger partial charge >= 0.3 is 0 Å². The van der Waals surface area contributed by atoms with Crippen molar-refractivity contribution in [2.75, 3.05) is 13.2 Å². The Balaban J connectivity index is 1.71. The monoisotopic (exact) mass is 323 g/mol. The van der Waals surface area contributed by atoms with Crippen molar-refractivity contribution in [1.29, 1.82) is 0 Å². The van der Waals surface area contributed by atoms with Crippen molar-refractivity contribution in [1.82, 2.24) is 14.7 Å². The molecule has 0 saturated heterocycles. The Bertz CT molecular complexity index is 943. The molecule has 0 unspecified atom stereocenters. The van der Waals surface area contributed by atoms with Gasteiger partial charge in [-0.1, -0.05) is 47.7 Å². The minimum atomic E-state index is 0.164. The highest BCUT2D eigenvalue weighted by atomic mass is 32.1. The third-order valence-corrected chi connectivity index (χ3v) is 4.86. The molecule has 2 heterocycles. The standard InChI is InChI=1S/C18H17N3OS/c22-9-8-19-11-13-6-7-16-17(10-13)23-18-20-15(12-21(16)18)14-4-2-1-3-5-14/h1-7,10,12,19,22H,8-9,11H2. The van der Waals surface area contributed by atoms with Crippen LogP contribution >= 0.6 is 11.3 Å². The number of hydrogen-bond donors (Lipinski definition) is 2. The molecule has 0 fully saturated rings. The Hall–Kier alpha value is -2.21. The lowest BCUT2D eigenvalue weighted by Gasteiger charge is -2.03. The molecule has 0 aliphatic heterocycles. The number of nitrogens with zero attached hydrogens (tertiary/aromatic N) is 2. The number of aliphatic hydroxyl groups is 1. The van der Waals surface area contributed by atoms with E-state index >= 15 is 0 Å². The fourth-order valence-electron chi connectivity index (χ4n) is 2.72. The van der Waals surface area contributed by atoms with Gasteiger partial charge in [0.15, 0.2) is 4.96 Å². The van der Waals surface area contributed by atoms with Gasteiger partial charge < -0.3 is 10.4 Å². The summed E-state index contributed by atoms with van der Waals surface area (Å²) in [5.41, 5.74) is 4.55. The van der Waals surface area contributed by atoms with E-state index in [1.807, 2.05) is 18.2 Å². The quantitative estimate of drug-likeness (QED) is 0.554. The van der Waals surface area contributed by atoms with E-state index in [0.717, 1.165) is 22.8 Å². The van der Waals surface area contributed by atoms with Crippen molar-refractivity contribution >= 4 is 26.5 Å². The molecule has 0 bridgehead atoms. The van der Waals surface area contributed by atoms with Crippen molar-refractivity contribution in [3.05, 3.63) is 60.3 Å². The van der Waals surface area contributed by atoms with Gasteiger partial charge in [-0.3, -0.25) is 4.40 Å². The summed E-state index contributed by atoms with van der Waals surface area (Å²) in [7, 11) is 0. The summed E-state index contributed by atoms with van der Waals surface area (Å²) in [5.74, 6) is 0. The molecule has 0 spiro atoms. The molecule has 0 aliphatic rings. The van der Waals surface area contributed by atoms with E-state index in [1.54, 1.807) is 11.3 Å². The van der Waals surface area contributed by atoms with Crippen LogP contribution < -0.4 is 5.32 Å². The van der Waals surface area contributed by atoms with E-state index in [4.69, 9.17) is 10.1 Å². The molecule has 0 atom stereocenters. The SMILES string of the molecule is OCCNCc1ccc2c(c1)sc1nc(-c3ccccc3)cn12. The Kier molecular flexibility index (Phi) is 3.83. The highest BCUT2D eigenvalue weighted by molar-refractivity contribution is 7.23.